The molecule has 0 saturated carbocycles. The van der Waals surface area contributed by atoms with E-state index in [1.165, 1.54) is 6.92 Å². The normalized spacial score (nSPS) is 25.7. The summed E-state index contributed by atoms with van der Waals surface area (Å²) in [5.74, 6) is -2.69. The van der Waals surface area contributed by atoms with Gasteiger partial charge in [0.1, 0.15) is 22.6 Å². The van der Waals surface area contributed by atoms with Crippen LogP contribution in [0.2, 0.25) is 0 Å². The van der Waals surface area contributed by atoms with E-state index >= 15 is 0 Å². The number of carbonyl (C=O) groups excluding carboxylic acids is 5. The van der Waals surface area contributed by atoms with Gasteiger partial charge in [-0.05, 0) is 113 Å². The number of rotatable bonds is 8. The van der Waals surface area contributed by atoms with Gasteiger partial charge in [0.2, 0.25) is 6.10 Å². The minimum Gasteiger partial charge on any atom is -0.477 e. The van der Waals surface area contributed by atoms with E-state index in [0.717, 1.165) is 5.56 Å². The van der Waals surface area contributed by atoms with Gasteiger partial charge < -0.3 is 47.9 Å². The van der Waals surface area contributed by atoms with Crippen LogP contribution in [0.25, 0.3) is 0 Å². The first-order valence-corrected chi connectivity index (χ1v) is 17.7. The number of likely N-dealkylation sites (tertiary alicyclic amines) is 1. The van der Waals surface area contributed by atoms with Crippen LogP contribution in [0.5, 0.6) is 11.5 Å². The van der Waals surface area contributed by atoms with Gasteiger partial charge in [-0.2, -0.15) is 0 Å². The summed E-state index contributed by atoms with van der Waals surface area (Å²) in [7, 11) is 1.94. The van der Waals surface area contributed by atoms with Gasteiger partial charge >= 0.3 is 30.2 Å². The molecule has 15 heteroatoms. The van der Waals surface area contributed by atoms with Crippen LogP contribution < -0.4 is 9.47 Å². The molecule has 2 aliphatic heterocycles. The molecule has 15 nitrogen and oxygen atoms in total. The van der Waals surface area contributed by atoms with Crippen LogP contribution in [0.3, 0.4) is 0 Å². The van der Waals surface area contributed by atoms with Gasteiger partial charge in [-0.25, -0.2) is 19.2 Å². The highest BCUT2D eigenvalue weighted by Crippen LogP contribution is 2.65. The molecule has 292 valence electrons. The molecule has 1 N–H and O–H groups in total. The van der Waals surface area contributed by atoms with Crippen LogP contribution >= 0.6 is 0 Å². The smallest absolute Gasteiger partial charge is 0.477 e. The number of aliphatic hydroxyl groups is 1. The first-order chi connectivity index (χ1) is 24.3. The van der Waals surface area contributed by atoms with Crippen molar-refractivity contribution in [2.45, 2.75) is 147 Å². The van der Waals surface area contributed by atoms with E-state index in [1.54, 1.807) is 74.5 Å². The Hall–Kier alpha value is -4.37. The molecular weight excluding hydrogens is 694 g/mol. The average molecular weight is 746 g/mol. The zero-order valence-electron chi connectivity index (χ0n) is 32.3. The number of piperidine rings is 1. The van der Waals surface area contributed by atoms with Crippen LogP contribution in [-0.4, -0.2) is 101 Å². The molecule has 4 aliphatic rings. The topological polar surface area (TPSA) is 183 Å². The van der Waals surface area contributed by atoms with Gasteiger partial charge in [0.05, 0.1) is 17.4 Å². The monoisotopic (exact) mass is 745 g/mol. The van der Waals surface area contributed by atoms with Crippen molar-refractivity contribution < 1.29 is 67.0 Å². The van der Waals surface area contributed by atoms with E-state index in [1.807, 2.05) is 13.1 Å². The zero-order chi connectivity index (χ0) is 39.5. The van der Waals surface area contributed by atoms with Gasteiger partial charge in [-0.1, -0.05) is 6.07 Å². The minimum absolute atomic E-state index is 0.0572. The fourth-order valence-electron chi connectivity index (χ4n) is 7.44. The summed E-state index contributed by atoms with van der Waals surface area (Å²) in [5, 5.41) is 12.6. The quantitative estimate of drug-likeness (QED) is 0.217. The molecule has 1 aromatic carbocycles. The van der Waals surface area contributed by atoms with Crippen molar-refractivity contribution in [1.82, 2.24) is 4.90 Å². The number of benzene rings is 1. The summed E-state index contributed by atoms with van der Waals surface area (Å²) in [4.78, 5) is 67.0. The van der Waals surface area contributed by atoms with E-state index in [9.17, 15) is 29.1 Å². The number of carbonyl (C=O) groups is 5. The maximum absolute atomic E-state index is 13.7. The largest absolute Gasteiger partial charge is 0.514 e. The molecule has 2 heterocycles. The van der Waals surface area contributed by atoms with Crippen LogP contribution in [-0.2, 0) is 54.6 Å². The third-order valence-corrected chi connectivity index (χ3v) is 9.43. The van der Waals surface area contributed by atoms with E-state index < -0.39 is 82.8 Å². The van der Waals surface area contributed by atoms with Crippen LogP contribution in [0.1, 0.15) is 99.6 Å². The standard InChI is InChI=1S/C38H51NO14/c1-20(30(41)51-34(2,3)4)46-31(42)24(49-33(44)53-36(8,9)10)19-26(40)47-23-14-15-38(45)25-18-21-12-13-22(48-32(43)52-35(5,6)7)28-27(21)37(38,29(23)50-28)16-17-39(25)11/h12-14,20,24-25,29,45H,15-19H2,1-11H3/t20-,24-,25+,29-,37-,38+/m0/s1. The molecule has 0 radical (unpaired) electrons. The van der Waals surface area contributed by atoms with Gasteiger partial charge in [0.25, 0.3) is 0 Å². The fourth-order valence-corrected chi connectivity index (χ4v) is 7.44. The Kier molecular flexibility index (Phi) is 10.4. The van der Waals surface area contributed by atoms with E-state index in [0.29, 0.717) is 24.9 Å². The third-order valence-electron chi connectivity index (χ3n) is 9.43. The van der Waals surface area contributed by atoms with E-state index in [-0.39, 0.29) is 29.7 Å². The molecule has 2 aliphatic carbocycles. The van der Waals surface area contributed by atoms with Crippen molar-refractivity contribution in [3.05, 3.63) is 35.1 Å². The highest BCUT2D eigenvalue weighted by atomic mass is 16.7. The molecule has 0 unspecified atom stereocenters. The van der Waals surface area contributed by atoms with Gasteiger partial charge in [0.15, 0.2) is 23.7 Å². The Balaban J connectivity index is 1.42. The second-order valence-electron chi connectivity index (χ2n) is 17.0. The lowest BCUT2D eigenvalue weighted by atomic mass is 9.50. The lowest BCUT2D eigenvalue weighted by molar-refractivity contribution is -0.180. The molecule has 0 amide bonds. The fraction of sp³-hybridized carbons (Fsp3) is 0.658. The first kappa shape index (κ1) is 39.8. The van der Waals surface area contributed by atoms with E-state index in [4.69, 9.17) is 37.9 Å². The Morgan fingerprint density at radius 2 is 1.51 bits per heavy atom. The van der Waals surface area contributed by atoms with Crippen molar-refractivity contribution >= 4 is 30.2 Å². The summed E-state index contributed by atoms with van der Waals surface area (Å²) in [6.07, 6.45) is -4.76. The maximum Gasteiger partial charge on any atom is 0.514 e. The molecule has 1 saturated heterocycles. The summed E-state index contributed by atoms with van der Waals surface area (Å²) < 4.78 is 44.4. The Morgan fingerprint density at radius 1 is 0.887 bits per heavy atom. The van der Waals surface area contributed by atoms with Crippen LogP contribution in [0.15, 0.2) is 24.0 Å². The third kappa shape index (κ3) is 8.10. The van der Waals surface area contributed by atoms with Gasteiger partial charge in [-0.15, -0.1) is 0 Å². The summed E-state index contributed by atoms with van der Waals surface area (Å²) in [6.45, 7) is 16.7. The lowest BCUT2D eigenvalue weighted by Gasteiger charge is -2.61. The average Bonchev–Trinajstić information content (AvgIpc) is 3.34. The second-order valence-corrected chi connectivity index (χ2v) is 17.0. The summed E-state index contributed by atoms with van der Waals surface area (Å²) >= 11 is 0. The second kappa shape index (κ2) is 13.8. The molecule has 1 spiro atoms. The van der Waals surface area contributed by atoms with Crippen molar-refractivity contribution in [2.24, 2.45) is 0 Å². The number of nitrogens with zero attached hydrogens (tertiary/aromatic N) is 1. The molecule has 2 bridgehead atoms. The van der Waals surface area contributed by atoms with Gasteiger partial charge in [0, 0.05) is 18.0 Å². The molecule has 1 fully saturated rings. The summed E-state index contributed by atoms with van der Waals surface area (Å²) in [6, 6.07) is 3.15. The molecule has 6 atom stereocenters. The van der Waals surface area contributed by atoms with E-state index in [2.05, 4.69) is 4.90 Å². The predicted octanol–water partition coefficient (Wildman–Crippen LogP) is 4.81. The Morgan fingerprint density at radius 3 is 2.13 bits per heavy atom. The maximum atomic E-state index is 13.7. The number of ether oxygens (including phenoxy) is 8. The molecule has 1 aromatic rings. The zero-order valence-corrected chi connectivity index (χ0v) is 32.3. The van der Waals surface area contributed by atoms with Crippen molar-refractivity contribution in [3.63, 3.8) is 0 Å². The number of likely N-dealkylation sites (N-methyl/N-ethyl adjacent to an activating group) is 1. The highest BCUT2D eigenvalue weighted by Gasteiger charge is 2.72. The first-order valence-electron chi connectivity index (χ1n) is 17.7. The van der Waals surface area contributed by atoms with Crippen molar-refractivity contribution in [3.8, 4) is 11.5 Å². The minimum atomic E-state index is -1.87. The molecule has 0 aromatic heterocycles. The molecular formula is C38H51NO14. The predicted molar refractivity (Wildman–Crippen MR) is 185 cm³/mol. The number of hydrogen-bond acceptors (Lipinski definition) is 15. The van der Waals surface area contributed by atoms with Crippen molar-refractivity contribution in [1.29, 1.82) is 0 Å². The SMILES string of the molecule is C[C@H](OC(=O)[C@H](CC(=O)OC1=CC[C@@]2(O)[C@H]3Cc4ccc(OC(=O)OC(C)(C)C)c5c4[C@@]2(CCN3C)[C@H]1O5)OC(=O)OC(C)(C)C)C(=O)OC(C)(C)C. The lowest BCUT2D eigenvalue weighted by Crippen LogP contribution is -2.74. The number of hydrogen-bond donors (Lipinski definition) is 1. The molecule has 5 rings (SSSR count). The highest BCUT2D eigenvalue weighted by molar-refractivity contribution is 5.86. The Labute approximate surface area is 309 Å². The van der Waals surface area contributed by atoms with Crippen LogP contribution in [0.4, 0.5) is 9.59 Å². The number of esters is 3. The molecule has 53 heavy (non-hydrogen) atoms. The van der Waals surface area contributed by atoms with Gasteiger partial charge in [-0.3, -0.25) is 4.79 Å². The van der Waals surface area contributed by atoms with Crippen molar-refractivity contribution in [2.75, 3.05) is 13.6 Å². The Bertz CT molecular complexity index is 1700. The van der Waals surface area contributed by atoms with Crippen LogP contribution in [0, 0.1) is 0 Å². The summed E-state index contributed by atoms with van der Waals surface area (Å²) in [5.41, 5.74) is -3.58.